The summed E-state index contributed by atoms with van der Waals surface area (Å²) in [5, 5.41) is 0.417. The van der Waals surface area contributed by atoms with E-state index >= 15 is 0 Å². The van der Waals surface area contributed by atoms with Crippen molar-refractivity contribution in [1.82, 2.24) is 4.98 Å². The fraction of sp³-hybridized carbons (Fsp3) is 0.357. The zero-order chi connectivity index (χ0) is 13.8. The first kappa shape index (κ1) is 13.3. The van der Waals surface area contributed by atoms with Gasteiger partial charge in [-0.25, -0.2) is 4.79 Å². The molecule has 1 aromatic heterocycles. The van der Waals surface area contributed by atoms with Gasteiger partial charge in [-0.05, 0) is 18.6 Å². The van der Waals surface area contributed by atoms with Crippen LogP contribution < -0.4 is 10.5 Å². The number of unbranched alkanes of at least 4 members (excludes halogenated alkanes) is 1. The Morgan fingerprint density at radius 3 is 2.84 bits per heavy atom. The van der Waals surface area contributed by atoms with Gasteiger partial charge < -0.3 is 4.42 Å². The first-order chi connectivity index (χ1) is 9.13. The molecule has 0 radical (unpaired) electrons. The molecule has 100 valence electrons. The van der Waals surface area contributed by atoms with E-state index in [1.165, 1.54) is 4.90 Å². The average Bonchev–Trinajstić information content (AvgIpc) is 2.43. The summed E-state index contributed by atoms with van der Waals surface area (Å²) >= 11 is 0. The molecular weight excluding hydrogens is 244 g/mol. The highest BCUT2D eigenvalue weighted by molar-refractivity contribution is 5.91. The lowest BCUT2D eigenvalue weighted by atomic mass is 10.2. The minimum atomic E-state index is -0.476. The number of carbonyl (C=O) groups is 1. The molecule has 5 nitrogen and oxygen atoms in total. The minimum Gasteiger partial charge on any atom is -0.388 e. The molecule has 1 amide bonds. The van der Waals surface area contributed by atoms with Gasteiger partial charge in [-0.1, -0.05) is 25.5 Å². The molecule has 0 bridgehead atoms. The van der Waals surface area contributed by atoms with Gasteiger partial charge in [0.15, 0.2) is 0 Å². The first-order valence-corrected chi connectivity index (χ1v) is 6.30. The van der Waals surface area contributed by atoms with Crippen LogP contribution in [0.3, 0.4) is 0 Å². The van der Waals surface area contributed by atoms with Gasteiger partial charge in [0.1, 0.15) is 0 Å². The molecule has 19 heavy (non-hydrogen) atoms. The van der Waals surface area contributed by atoms with E-state index in [4.69, 9.17) is 4.42 Å². The fourth-order valence-corrected chi connectivity index (χ4v) is 1.75. The van der Waals surface area contributed by atoms with E-state index in [9.17, 15) is 9.59 Å². The summed E-state index contributed by atoms with van der Waals surface area (Å²) < 4.78 is 5.09. The van der Waals surface area contributed by atoms with Crippen molar-refractivity contribution in [3.05, 3.63) is 34.7 Å². The number of rotatable bonds is 4. The lowest BCUT2D eigenvalue weighted by molar-refractivity contribution is -0.118. The van der Waals surface area contributed by atoms with Gasteiger partial charge in [0.2, 0.25) is 5.91 Å². The first-order valence-electron chi connectivity index (χ1n) is 6.30. The highest BCUT2D eigenvalue weighted by Gasteiger charge is 2.15. The lowest BCUT2D eigenvalue weighted by Crippen LogP contribution is -2.27. The van der Waals surface area contributed by atoms with E-state index in [1.54, 1.807) is 31.3 Å². The van der Waals surface area contributed by atoms with Gasteiger partial charge >= 0.3 is 11.6 Å². The molecule has 0 aliphatic heterocycles. The summed E-state index contributed by atoms with van der Waals surface area (Å²) in [6.07, 6.45) is 2.17. The Morgan fingerprint density at radius 2 is 2.11 bits per heavy atom. The number of amides is 1. The number of carbonyl (C=O) groups excluding carboxylic acids is 1. The molecule has 0 fully saturated rings. The van der Waals surface area contributed by atoms with E-state index in [2.05, 4.69) is 4.98 Å². The van der Waals surface area contributed by atoms with Gasteiger partial charge in [-0.2, -0.15) is 4.98 Å². The molecule has 0 saturated heterocycles. The van der Waals surface area contributed by atoms with Crippen LogP contribution in [0.25, 0.3) is 10.9 Å². The third-order valence-electron chi connectivity index (χ3n) is 2.93. The molecule has 0 aliphatic carbocycles. The van der Waals surface area contributed by atoms with E-state index in [0.717, 1.165) is 12.8 Å². The predicted molar refractivity (Wildman–Crippen MR) is 73.2 cm³/mol. The maximum Gasteiger partial charge on any atom is 0.348 e. The zero-order valence-corrected chi connectivity index (χ0v) is 11.0. The van der Waals surface area contributed by atoms with Gasteiger partial charge in [-0.3, -0.25) is 9.69 Å². The van der Waals surface area contributed by atoms with Crippen molar-refractivity contribution in [1.29, 1.82) is 0 Å². The third-order valence-corrected chi connectivity index (χ3v) is 2.93. The quantitative estimate of drug-likeness (QED) is 0.846. The van der Waals surface area contributed by atoms with Crippen LogP contribution in [-0.2, 0) is 4.79 Å². The van der Waals surface area contributed by atoms with Crippen LogP contribution in [0.15, 0.2) is 33.5 Å². The van der Waals surface area contributed by atoms with E-state index in [1.807, 2.05) is 6.92 Å². The summed E-state index contributed by atoms with van der Waals surface area (Å²) in [5.41, 5.74) is 0.0552. The molecule has 0 atom stereocenters. The molecule has 5 heteroatoms. The van der Waals surface area contributed by atoms with Crippen molar-refractivity contribution < 1.29 is 9.21 Å². The average molecular weight is 260 g/mol. The fourth-order valence-electron chi connectivity index (χ4n) is 1.75. The number of fused-ring (bicyclic) bond motifs is 1. The molecule has 0 saturated carbocycles. The van der Waals surface area contributed by atoms with Crippen molar-refractivity contribution in [3.63, 3.8) is 0 Å². The lowest BCUT2D eigenvalue weighted by Gasteiger charge is -2.14. The molecule has 1 aromatic carbocycles. The molecule has 0 N–H and O–H groups in total. The van der Waals surface area contributed by atoms with Crippen molar-refractivity contribution in [3.8, 4) is 0 Å². The Balaban J connectivity index is 2.35. The van der Waals surface area contributed by atoms with Crippen molar-refractivity contribution >= 4 is 22.8 Å². The molecule has 1 heterocycles. The smallest absolute Gasteiger partial charge is 0.348 e. The molecule has 2 rings (SSSR count). The van der Waals surface area contributed by atoms with Crippen LogP contribution in [-0.4, -0.2) is 17.9 Å². The third kappa shape index (κ3) is 2.81. The van der Waals surface area contributed by atoms with Crippen molar-refractivity contribution in [2.75, 3.05) is 11.9 Å². The monoisotopic (exact) mass is 260 g/mol. The number of aromatic nitrogens is 1. The number of para-hydroxylation sites is 1. The number of nitrogens with zero attached hydrogens (tertiary/aromatic N) is 2. The maximum atomic E-state index is 11.9. The molecule has 0 aliphatic rings. The van der Waals surface area contributed by atoms with Gasteiger partial charge in [-0.15, -0.1) is 0 Å². The van der Waals surface area contributed by atoms with E-state index < -0.39 is 5.63 Å². The number of anilines is 1. The Kier molecular flexibility index (Phi) is 3.94. The van der Waals surface area contributed by atoms with Gasteiger partial charge in [0.05, 0.1) is 10.9 Å². The van der Waals surface area contributed by atoms with E-state index in [-0.39, 0.29) is 11.9 Å². The second kappa shape index (κ2) is 5.65. The zero-order valence-electron chi connectivity index (χ0n) is 11.0. The molecule has 2 aromatic rings. The van der Waals surface area contributed by atoms with Crippen LogP contribution in [0, 0.1) is 0 Å². The summed E-state index contributed by atoms with van der Waals surface area (Å²) in [6.45, 7) is 2.02. The largest absolute Gasteiger partial charge is 0.388 e. The highest BCUT2D eigenvalue weighted by Crippen LogP contribution is 2.14. The Morgan fingerprint density at radius 1 is 1.37 bits per heavy atom. The van der Waals surface area contributed by atoms with Crippen molar-refractivity contribution in [2.24, 2.45) is 0 Å². The van der Waals surface area contributed by atoms with Crippen LogP contribution in [0.5, 0.6) is 0 Å². The predicted octanol–water partition coefficient (Wildman–Crippen LogP) is 2.34. The van der Waals surface area contributed by atoms with Crippen LogP contribution in [0.4, 0.5) is 6.01 Å². The summed E-state index contributed by atoms with van der Waals surface area (Å²) in [5.74, 6) is -0.104. The molecule has 0 unspecified atom stereocenters. The van der Waals surface area contributed by atoms with Crippen LogP contribution in [0.1, 0.15) is 26.2 Å². The summed E-state index contributed by atoms with van der Waals surface area (Å²) in [4.78, 5) is 29.2. The maximum absolute atomic E-state index is 11.9. The topological polar surface area (TPSA) is 63.4 Å². The number of benzene rings is 1. The second-order valence-electron chi connectivity index (χ2n) is 4.36. The van der Waals surface area contributed by atoms with Gasteiger partial charge in [0, 0.05) is 13.5 Å². The molecule has 0 spiro atoms. The van der Waals surface area contributed by atoms with Crippen LogP contribution >= 0.6 is 0 Å². The Hall–Kier alpha value is -2.17. The number of hydrogen-bond donors (Lipinski definition) is 0. The number of hydrogen-bond acceptors (Lipinski definition) is 4. The van der Waals surface area contributed by atoms with Gasteiger partial charge in [0.25, 0.3) is 0 Å². The highest BCUT2D eigenvalue weighted by atomic mass is 16.4. The standard InChI is InChI=1S/C14H16N2O3/c1-3-4-9-12(17)16(2)14-15-11-8-6-5-7-10(11)13(18)19-14/h5-8H,3-4,9H2,1-2H3. The second-order valence-corrected chi connectivity index (χ2v) is 4.36. The minimum absolute atomic E-state index is 0.0461. The SMILES string of the molecule is CCCCC(=O)N(C)c1nc2ccccc2c(=O)o1. The summed E-state index contributed by atoms with van der Waals surface area (Å²) in [6, 6.07) is 6.95. The normalized spacial score (nSPS) is 10.6. The van der Waals surface area contributed by atoms with Crippen molar-refractivity contribution in [2.45, 2.75) is 26.2 Å². The van der Waals surface area contributed by atoms with E-state index in [0.29, 0.717) is 17.3 Å². The Labute approximate surface area is 110 Å². The van der Waals surface area contributed by atoms with Crippen LogP contribution in [0.2, 0.25) is 0 Å². The Bertz CT molecular complexity index is 648. The molecular formula is C14H16N2O3. The summed E-state index contributed by atoms with van der Waals surface area (Å²) in [7, 11) is 1.57.